The van der Waals surface area contributed by atoms with Crippen molar-refractivity contribution in [2.24, 2.45) is 0 Å². The Kier molecular flexibility index (Phi) is 5.88. The lowest BCUT2D eigenvalue weighted by molar-refractivity contribution is -0.123. The van der Waals surface area contributed by atoms with Crippen molar-refractivity contribution in [3.05, 3.63) is 85.3 Å². The minimum atomic E-state index is -0.348. The number of amides is 2. The molecule has 2 aromatic carbocycles. The van der Waals surface area contributed by atoms with Crippen LogP contribution in [0.2, 0.25) is 10.0 Å². The third-order valence-electron chi connectivity index (χ3n) is 4.22. The van der Waals surface area contributed by atoms with E-state index in [0.29, 0.717) is 32.0 Å². The molecule has 0 N–H and O–H groups in total. The van der Waals surface area contributed by atoms with Gasteiger partial charge in [-0.2, -0.15) is 0 Å². The number of nitrogens with zero attached hydrogens (tertiary/aromatic N) is 1. The lowest BCUT2D eigenvalue weighted by Gasteiger charge is -2.12. The summed E-state index contributed by atoms with van der Waals surface area (Å²) in [5, 5.41) is 0.506. The van der Waals surface area contributed by atoms with Gasteiger partial charge in [0.2, 0.25) is 0 Å². The van der Waals surface area contributed by atoms with Gasteiger partial charge in [-0.25, -0.2) is 0 Å². The van der Waals surface area contributed by atoms with Crippen molar-refractivity contribution in [2.75, 3.05) is 0 Å². The summed E-state index contributed by atoms with van der Waals surface area (Å²) >= 11 is 16.6. The zero-order valence-electron chi connectivity index (χ0n) is 14.7. The zero-order chi connectivity index (χ0) is 20.5. The average Bonchev–Trinajstić information content (AvgIpc) is 3.24. The highest BCUT2D eigenvalue weighted by Crippen LogP contribution is 2.37. The number of hydrogen-bond acceptors (Lipinski definition) is 4. The zero-order valence-corrected chi connectivity index (χ0v) is 18.6. The molecule has 2 heterocycles. The Morgan fingerprint density at radius 1 is 1.07 bits per heavy atom. The Morgan fingerprint density at radius 2 is 1.86 bits per heavy atom. The van der Waals surface area contributed by atoms with Gasteiger partial charge < -0.3 is 4.42 Å². The van der Waals surface area contributed by atoms with Gasteiger partial charge in [-0.3, -0.25) is 14.5 Å². The molecule has 1 aromatic heterocycles. The quantitative estimate of drug-likeness (QED) is 0.348. The maximum Gasteiger partial charge on any atom is 0.293 e. The molecule has 0 bridgehead atoms. The number of halogens is 3. The summed E-state index contributed by atoms with van der Waals surface area (Å²) in [5.74, 6) is 0.625. The van der Waals surface area contributed by atoms with Crippen molar-refractivity contribution in [1.82, 2.24) is 4.90 Å². The van der Waals surface area contributed by atoms with E-state index < -0.39 is 0 Å². The van der Waals surface area contributed by atoms with Crippen molar-refractivity contribution in [3.63, 3.8) is 0 Å². The Bertz CT molecular complexity index is 1160. The van der Waals surface area contributed by atoms with E-state index in [1.54, 1.807) is 36.4 Å². The standard InChI is InChI=1S/C21H12BrCl2NO3S/c22-13-4-1-3-12(9-13)11-25-20(26)18(29-21(25)27)10-14-7-8-17(28-14)15-5-2-6-16(23)19(15)24/h1-10H,11H2/b18-10+. The minimum absolute atomic E-state index is 0.211. The number of benzene rings is 2. The molecule has 8 heteroatoms. The van der Waals surface area contributed by atoms with Crippen LogP contribution in [0.5, 0.6) is 0 Å². The highest BCUT2D eigenvalue weighted by molar-refractivity contribution is 9.10. The van der Waals surface area contributed by atoms with Crippen LogP contribution in [0.1, 0.15) is 11.3 Å². The van der Waals surface area contributed by atoms with Crippen molar-refractivity contribution >= 4 is 68.1 Å². The normalized spacial score (nSPS) is 15.6. The molecule has 4 rings (SSSR count). The van der Waals surface area contributed by atoms with E-state index in [0.717, 1.165) is 21.8 Å². The molecule has 29 heavy (non-hydrogen) atoms. The first-order chi connectivity index (χ1) is 13.9. The predicted molar refractivity (Wildman–Crippen MR) is 120 cm³/mol. The Labute approximate surface area is 189 Å². The van der Waals surface area contributed by atoms with E-state index in [4.69, 9.17) is 27.6 Å². The van der Waals surface area contributed by atoms with Gasteiger partial charge in [0.25, 0.3) is 11.1 Å². The number of thioether (sulfide) groups is 1. The van der Waals surface area contributed by atoms with Gasteiger partial charge in [0, 0.05) is 16.1 Å². The van der Waals surface area contributed by atoms with E-state index in [2.05, 4.69) is 15.9 Å². The van der Waals surface area contributed by atoms with Gasteiger partial charge in [-0.1, -0.05) is 57.3 Å². The maximum absolute atomic E-state index is 12.7. The fourth-order valence-corrected chi connectivity index (χ4v) is 4.51. The fourth-order valence-electron chi connectivity index (χ4n) is 2.85. The van der Waals surface area contributed by atoms with E-state index in [-0.39, 0.29) is 17.7 Å². The lowest BCUT2D eigenvalue weighted by Crippen LogP contribution is -2.27. The summed E-state index contributed by atoms with van der Waals surface area (Å²) in [6.45, 7) is 0.211. The predicted octanol–water partition coefficient (Wildman–Crippen LogP) is 7.25. The topological polar surface area (TPSA) is 50.5 Å². The molecule has 0 aliphatic carbocycles. The van der Waals surface area contributed by atoms with Crippen LogP contribution >= 0.6 is 50.9 Å². The fraction of sp³-hybridized carbons (Fsp3) is 0.0476. The average molecular weight is 509 g/mol. The second-order valence-electron chi connectivity index (χ2n) is 6.20. The van der Waals surface area contributed by atoms with Crippen molar-refractivity contribution in [1.29, 1.82) is 0 Å². The maximum atomic E-state index is 12.7. The Hall–Kier alpha value is -1.99. The van der Waals surface area contributed by atoms with Crippen LogP contribution in [-0.2, 0) is 11.3 Å². The van der Waals surface area contributed by atoms with Crippen molar-refractivity contribution < 1.29 is 14.0 Å². The highest BCUT2D eigenvalue weighted by Gasteiger charge is 2.35. The van der Waals surface area contributed by atoms with Gasteiger partial charge in [0.1, 0.15) is 11.5 Å². The van der Waals surface area contributed by atoms with E-state index in [1.807, 2.05) is 24.3 Å². The second-order valence-corrected chi connectivity index (χ2v) is 8.90. The third-order valence-corrected chi connectivity index (χ3v) is 6.44. The van der Waals surface area contributed by atoms with E-state index >= 15 is 0 Å². The summed E-state index contributed by atoms with van der Waals surface area (Å²) in [4.78, 5) is 26.6. The summed E-state index contributed by atoms with van der Waals surface area (Å²) in [7, 11) is 0. The van der Waals surface area contributed by atoms with Crippen LogP contribution in [0.4, 0.5) is 4.79 Å². The number of rotatable bonds is 4. The summed E-state index contributed by atoms with van der Waals surface area (Å²) in [5.41, 5.74) is 1.51. The molecule has 1 saturated heterocycles. The first-order valence-electron chi connectivity index (χ1n) is 8.46. The highest BCUT2D eigenvalue weighted by atomic mass is 79.9. The molecule has 3 aromatic rings. The number of carbonyl (C=O) groups excluding carboxylic acids is 2. The molecule has 4 nitrogen and oxygen atoms in total. The van der Waals surface area contributed by atoms with E-state index in [1.165, 1.54) is 4.90 Å². The first-order valence-corrected chi connectivity index (χ1v) is 10.8. The third kappa shape index (κ3) is 4.31. The van der Waals surface area contributed by atoms with Crippen LogP contribution in [0, 0.1) is 0 Å². The molecule has 0 radical (unpaired) electrons. The van der Waals surface area contributed by atoms with Gasteiger partial charge in [0.15, 0.2) is 0 Å². The van der Waals surface area contributed by atoms with E-state index in [9.17, 15) is 9.59 Å². The largest absolute Gasteiger partial charge is 0.457 e. The number of carbonyl (C=O) groups is 2. The minimum Gasteiger partial charge on any atom is -0.457 e. The molecule has 146 valence electrons. The Morgan fingerprint density at radius 3 is 2.66 bits per heavy atom. The molecular weight excluding hydrogens is 497 g/mol. The molecule has 0 spiro atoms. The van der Waals surface area contributed by atoms with Crippen molar-refractivity contribution in [3.8, 4) is 11.3 Å². The smallest absolute Gasteiger partial charge is 0.293 e. The van der Waals surface area contributed by atoms with Crippen LogP contribution in [0.25, 0.3) is 17.4 Å². The SMILES string of the molecule is O=C1S/C(=C/c2ccc(-c3cccc(Cl)c3Cl)o2)C(=O)N1Cc1cccc(Br)c1. The molecule has 0 unspecified atom stereocenters. The van der Waals surface area contributed by atoms with Crippen LogP contribution in [0.3, 0.4) is 0 Å². The first kappa shape index (κ1) is 20.3. The monoisotopic (exact) mass is 507 g/mol. The molecule has 2 amide bonds. The molecular formula is C21H12BrCl2NO3S. The van der Waals surface area contributed by atoms with Crippen LogP contribution in [0.15, 0.2) is 68.4 Å². The number of imide groups is 1. The molecule has 0 atom stereocenters. The van der Waals surface area contributed by atoms with Gasteiger partial charge in [-0.05, 0) is 53.7 Å². The summed E-state index contributed by atoms with van der Waals surface area (Å²) in [6.07, 6.45) is 1.56. The molecule has 1 fully saturated rings. The number of hydrogen-bond donors (Lipinski definition) is 0. The molecule has 0 saturated carbocycles. The lowest BCUT2D eigenvalue weighted by atomic mass is 10.2. The Balaban J connectivity index is 1.56. The van der Waals surface area contributed by atoms with Crippen molar-refractivity contribution in [2.45, 2.75) is 6.54 Å². The van der Waals surface area contributed by atoms with Gasteiger partial charge in [0.05, 0.1) is 21.5 Å². The number of furan rings is 1. The summed E-state index contributed by atoms with van der Waals surface area (Å²) < 4.78 is 6.69. The van der Waals surface area contributed by atoms with Gasteiger partial charge in [-0.15, -0.1) is 0 Å². The second kappa shape index (κ2) is 8.40. The molecule has 1 aliphatic rings. The van der Waals surface area contributed by atoms with Crippen LogP contribution in [-0.4, -0.2) is 16.0 Å². The summed E-state index contributed by atoms with van der Waals surface area (Å²) in [6, 6.07) is 16.2. The van der Waals surface area contributed by atoms with Gasteiger partial charge >= 0.3 is 0 Å². The van der Waals surface area contributed by atoms with Crippen LogP contribution < -0.4 is 0 Å². The molecule has 1 aliphatic heterocycles.